The standard InChI is InChI=1S/2C6H6.3C4H10.C3H6.3C2H6.2CH4/c2*1-2-4-6-5-3-1;3*1-4(2)3;1-2-3-1;3*1-2;;/h2*1-6H;3*4H,1-3H3;1-3H2;3*1-2H3;2*1H4. The monoisotopic (exact) mass is 495 g/mol. The summed E-state index contributed by atoms with van der Waals surface area (Å²) in [6.07, 6.45) is 4.50. The van der Waals surface area contributed by atoms with Crippen molar-refractivity contribution in [3.8, 4) is 0 Å². The summed E-state index contributed by atoms with van der Waals surface area (Å²) in [5.74, 6) is 2.50. The van der Waals surface area contributed by atoms with Crippen LogP contribution in [-0.4, -0.2) is 0 Å². The first kappa shape index (κ1) is 54.4. The molecule has 0 saturated heterocycles. The Balaban J connectivity index is -0.0000000400. The van der Waals surface area contributed by atoms with Crippen LogP contribution in [0.3, 0.4) is 0 Å². The highest BCUT2D eigenvalue weighted by atomic mass is 14.0. The molecule has 0 spiro atoms. The lowest BCUT2D eigenvalue weighted by molar-refractivity contribution is 0.736. The van der Waals surface area contributed by atoms with Crippen LogP contribution in [0.5, 0.6) is 0 Å². The van der Waals surface area contributed by atoms with Gasteiger partial charge >= 0.3 is 0 Å². The summed E-state index contributed by atoms with van der Waals surface area (Å²) in [6.45, 7) is 31.5. The number of rotatable bonds is 0. The Bertz CT molecular complexity index is 302. The molecule has 0 N–H and O–H groups in total. The van der Waals surface area contributed by atoms with Gasteiger partial charge in [0.05, 0.1) is 0 Å². The molecule has 0 aromatic heterocycles. The summed E-state index contributed by atoms with van der Waals surface area (Å²) in [5.41, 5.74) is 0. The highest BCUT2D eigenvalue weighted by Gasteiger charge is 1.95. The van der Waals surface area contributed by atoms with Crippen LogP contribution in [0.1, 0.15) is 138 Å². The summed E-state index contributed by atoms with van der Waals surface area (Å²) < 4.78 is 0. The molecule has 1 aliphatic carbocycles. The molecule has 35 heavy (non-hydrogen) atoms. The first-order valence-electron chi connectivity index (χ1n) is 13.7. The van der Waals surface area contributed by atoms with Gasteiger partial charge in [0.25, 0.3) is 0 Å². The zero-order valence-electron chi connectivity index (χ0n) is 25.8. The number of benzene rings is 2. The van der Waals surface area contributed by atoms with Crippen LogP contribution in [0.25, 0.3) is 0 Å². The quantitative estimate of drug-likeness (QED) is 0.341. The Labute approximate surface area is 228 Å². The van der Waals surface area contributed by atoms with Crippen molar-refractivity contribution in [1.29, 1.82) is 0 Å². The van der Waals surface area contributed by atoms with Gasteiger partial charge in [0, 0.05) is 0 Å². The normalized spacial score (nSPS) is 8.40. The van der Waals surface area contributed by atoms with Gasteiger partial charge in [-0.25, -0.2) is 0 Å². The average Bonchev–Trinajstić information content (AvgIpc) is 3.69. The van der Waals surface area contributed by atoms with Crippen molar-refractivity contribution in [3.05, 3.63) is 72.8 Å². The van der Waals surface area contributed by atoms with Crippen LogP contribution < -0.4 is 0 Å². The van der Waals surface area contributed by atoms with Crippen molar-refractivity contribution < 1.29 is 0 Å². The molecule has 1 saturated carbocycles. The van der Waals surface area contributed by atoms with E-state index in [1.807, 2.05) is 114 Å². The van der Waals surface area contributed by atoms with E-state index in [0.717, 1.165) is 17.8 Å². The topological polar surface area (TPSA) is 0 Å². The third-order valence-corrected chi connectivity index (χ3v) is 1.69. The van der Waals surface area contributed by atoms with Crippen LogP contribution in [0, 0.1) is 17.8 Å². The molecular weight excluding hydrogens is 420 g/mol. The Morgan fingerprint density at radius 3 is 0.371 bits per heavy atom. The van der Waals surface area contributed by atoms with Gasteiger partial charge in [-0.3, -0.25) is 0 Å². The van der Waals surface area contributed by atoms with E-state index in [4.69, 9.17) is 0 Å². The van der Waals surface area contributed by atoms with Gasteiger partial charge in [-0.05, 0) is 17.8 Å². The lowest BCUT2D eigenvalue weighted by atomic mass is 10.3. The molecule has 214 valence electrons. The second-order valence-corrected chi connectivity index (χ2v) is 8.57. The number of hydrogen-bond donors (Lipinski definition) is 0. The molecule has 0 heterocycles. The molecule has 0 radical (unpaired) electrons. The Hall–Kier alpha value is -1.56. The third-order valence-electron chi connectivity index (χ3n) is 1.69. The van der Waals surface area contributed by atoms with Crippen molar-refractivity contribution in [2.75, 3.05) is 0 Å². The van der Waals surface area contributed by atoms with Crippen molar-refractivity contribution >= 4 is 0 Å². The van der Waals surface area contributed by atoms with Gasteiger partial charge in [0.1, 0.15) is 0 Å². The van der Waals surface area contributed by atoms with Crippen LogP contribution >= 0.6 is 0 Å². The molecule has 2 aromatic carbocycles. The molecule has 0 heteroatoms. The van der Waals surface area contributed by atoms with E-state index in [0.29, 0.717) is 0 Å². The van der Waals surface area contributed by atoms with Crippen molar-refractivity contribution in [1.82, 2.24) is 0 Å². The summed E-state index contributed by atoms with van der Waals surface area (Å²) in [6, 6.07) is 24.0. The minimum Gasteiger partial charge on any atom is -0.0776 e. The molecule has 2 aromatic rings. The molecule has 0 aliphatic heterocycles. The molecular formula is C35H74. The molecule has 1 aliphatic rings. The second kappa shape index (κ2) is 63.7. The van der Waals surface area contributed by atoms with E-state index in [2.05, 4.69) is 62.3 Å². The molecule has 3 rings (SSSR count). The van der Waals surface area contributed by atoms with E-state index in [-0.39, 0.29) is 14.9 Å². The third kappa shape index (κ3) is 230. The molecule has 0 unspecified atom stereocenters. The van der Waals surface area contributed by atoms with Crippen LogP contribution in [0.4, 0.5) is 0 Å². The summed E-state index contributed by atoms with van der Waals surface area (Å²) in [5, 5.41) is 0. The minimum atomic E-state index is 0. The van der Waals surface area contributed by atoms with Crippen molar-refractivity contribution in [2.24, 2.45) is 17.8 Å². The van der Waals surface area contributed by atoms with E-state index in [1.165, 1.54) is 19.3 Å². The predicted octanol–water partition coefficient (Wildman–Crippen LogP) is 13.9. The van der Waals surface area contributed by atoms with Crippen LogP contribution in [0.2, 0.25) is 0 Å². The first-order chi connectivity index (χ1) is 15.7. The Kier molecular flexibility index (Phi) is 98.9. The fourth-order valence-corrected chi connectivity index (χ4v) is 0.770. The van der Waals surface area contributed by atoms with Crippen LogP contribution in [-0.2, 0) is 0 Å². The molecule has 0 bridgehead atoms. The lowest BCUT2D eigenvalue weighted by Gasteiger charge is -1.79. The van der Waals surface area contributed by atoms with E-state index >= 15 is 0 Å². The zero-order chi connectivity index (χ0) is 27.3. The first-order valence-corrected chi connectivity index (χ1v) is 13.7. The zero-order valence-corrected chi connectivity index (χ0v) is 25.8. The average molecular weight is 495 g/mol. The van der Waals surface area contributed by atoms with Gasteiger partial charge in [-0.2, -0.15) is 0 Å². The molecule has 0 amide bonds. The molecule has 1 fully saturated rings. The van der Waals surface area contributed by atoms with Gasteiger partial charge in [0.15, 0.2) is 0 Å². The van der Waals surface area contributed by atoms with E-state index in [1.54, 1.807) is 0 Å². The van der Waals surface area contributed by atoms with Crippen LogP contribution in [0.15, 0.2) is 72.8 Å². The van der Waals surface area contributed by atoms with Gasteiger partial charge in [-0.1, -0.05) is 211 Å². The summed E-state index contributed by atoms with van der Waals surface area (Å²) in [7, 11) is 0. The fourth-order valence-electron chi connectivity index (χ4n) is 0.770. The fraction of sp³-hybridized carbons (Fsp3) is 0.657. The highest BCUT2D eigenvalue weighted by Crippen LogP contribution is 2.14. The smallest absolute Gasteiger partial charge is 0.0500 e. The summed E-state index contributed by atoms with van der Waals surface area (Å²) >= 11 is 0. The SMILES string of the molecule is C.C.C1CC1.CC.CC.CC.CC(C)C.CC(C)C.CC(C)C.c1ccccc1.c1ccccc1. The van der Waals surface area contributed by atoms with Gasteiger partial charge in [-0.15, -0.1) is 0 Å². The molecule has 0 atom stereocenters. The Morgan fingerprint density at radius 2 is 0.343 bits per heavy atom. The summed E-state index contributed by atoms with van der Waals surface area (Å²) in [4.78, 5) is 0. The molecule has 0 nitrogen and oxygen atoms in total. The Morgan fingerprint density at radius 1 is 0.286 bits per heavy atom. The second-order valence-electron chi connectivity index (χ2n) is 8.57. The predicted molar refractivity (Wildman–Crippen MR) is 176 cm³/mol. The maximum Gasteiger partial charge on any atom is -0.0500 e. The largest absolute Gasteiger partial charge is 0.0776 e. The minimum absolute atomic E-state index is 0. The highest BCUT2D eigenvalue weighted by molar-refractivity contribution is 4.99. The lowest BCUT2D eigenvalue weighted by Crippen LogP contribution is -1.66. The van der Waals surface area contributed by atoms with Crippen molar-refractivity contribution in [3.63, 3.8) is 0 Å². The number of hydrogen-bond acceptors (Lipinski definition) is 0. The van der Waals surface area contributed by atoms with E-state index < -0.39 is 0 Å². The maximum absolute atomic E-state index is 2.17. The maximum atomic E-state index is 2.17. The van der Waals surface area contributed by atoms with Gasteiger partial charge < -0.3 is 0 Å². The van der Waals surface area contributed by atoms with Gasteiger partial charge in [0.2, 0.25) is 0 Å². The van der Waals surface area contributed by atoms with E-state index in [9.17, 15) is 0 Å². The van der Waals surface area contributed by atoms with Crippen molar-refractivity contribution in [2.45, 2.75) is 138 Å².